The Morgan fingerprint density at radius 2 is 2.16 bits per heavy atom. The van der Waals surface area contributed by atoms with Crippen molar-refractivity contribution in [2.45, 2.75) is 12.8 Å². The minimum Gasteiger partial charge on any atom is -0.326 e. The third kappa shape index (κ3) is 3.98. The summed E-state index contributed by atoms with van der Waals surface area (Å²) < 4.78 is 1.71. The molecule has 19 heavy (non-hydrogen) atoms. The number of nitrogens with zero attached hydrogens (tertiary/aromatic N) is 2. The van der Waals surface area contributed by atoms with Gasteiger partial charge in [-0.2, -0.15) is 5.10 Å². The van der Waals surface area contributed by atoms with Crippen LogP contribution in [0.2, 0.25) is 10.0 Å². The normalized spacial score (nSPS) is 10.5. The summed E-state index contributed by atoms with van der Waals surface area (Å²) in [6.07, 6.45) is 4.70. The zero-order valence-corrected chi connectivity index (χ0v) is 11.9. The van der Waals surface area contributed by atoms with Crippen molar-refractivity contribution in [3.63, 3.8) is 0 Å². The second kappa shape index (κ2) is 6.08. The van der Waals surface area contributed by atoms with E-state index in [4.69, 9.17) is 23.2 Å². The molecule has 0 radical (unpaired) electrons. The lowest BCUT2D eigenvalue weighted by atomic mass is 10.2. The van der Waals surface area contributed by atoms with Crippen molar-refractivity contribution in [2.24, 2.45) is 7.05 Å². The largest absolute Gasteiger partial charge is 0.326 e. The molecular weight excluding hydrogens is 285 g/mol. The van der Waals surface area contributed by atoms with Gasteiger partial charge < -0.3 is 5.32 Å². The van der Waals surface area contributed by atoms with E-state index in [2.05, 4.69) is 10.4 Å². The predicted octanol–water partition coefficient (Wildman–Crippen LogP) is 3.30. The summed E-state index contributed by atoms with van der Waals surface area (Å²) in [6.45, 7) is 0. The average molecular weight is 298 g/mol. The number of amides is 1. The van der Waals surface area contributed by atoms with Crippen LogP contribution >= 0.6 is 23.2 Å². The van der Waals surface area contributed by atoms with Crippen molar-refractivity contribution in [2.75, 3.05) is 5.32 Å². The molecule has 6 heteroatoms. The lowest BCUT2D eigenvalue weighted by Crippen LogP contribution is -2.12. The lowest BCUT2D eigenvalue weighted by Gasteiger charge is -2.05. The monoisotopic (exact) mass is 297 g/mol. The van der Waals surface area contributed by atoms with Crippen molar-refractivity contribution in [3.05, 3.63) is 46.2 Å². The molecule has 1 aromatic carbocycles. The Morgan fingerprint density at radius 3 is 2.79 bits per heavy atom. The van der Waals surface area contributed by atoms with Gasteiger partial charge in [-0.05, 0) is 30.2 Å². The van der Waals surface area contributed by atoms with E-state index in [0.29, 0.717) is 28.6 Å². The standard InChI is InChI=1S/C13H13Cl2N3O/c1-18-8-9(7-16-18)2-5-13(19)17-10-3-4-11(14)12(15)6-10/h3-4,6-8H,2,5H2,1H3,(H,17,19). The molecule has 0 saturated carbocycles. The highest BCUT2D eigenvalue weighted by Gasteiger charge is 2.06. The Morgan fingerprint density at radius 1 is 1.37 bits per heavy atom. The first-order valence-corrected chi connectivity index (χ1v) is 6.52. The van der Waals surface area contributed by atoms with Crippen molar-refractivity contribution in [3.8, 4) is 0 Å². The van der Waals surface area contributed by atoms with E-state index < -0.39 is 0 Å². The van der Waals surface area contributed by atoms with Crippen LogP contribution in [0.25, 0.3) is 0 Å². The molecule has 1 amide bonds. The molecule has 0 unspecified atom stereocenters. The van der Waals surface area contributed by atoms with E-state index in [1.165, 1.54) is 0 Å². The van der Waals surface area contributed by atoms with Gasteiger partial charge in [0.1, 0.15) is 0 Å². The number of carbonyl (C=O) groups excluding carboxylic acids is 1. The SMILES string of the molecule is Cn1cc(CCC(=O)Nc2ccc(Cl)c(Cl)c2)cn1. The molecule has 0 aliphatic heterocycles. The lowest BCUT2D eigenvalue weighted by molar-refractivity contribution is -0.116. The van der Waals surface area contributed by atoms with Gasteiger partial charge >= 0.3 is 0 Å². The fourth-order valence-corrected chi connectivity index (χ4v) is 1.95. The highest BCUT2D eigenvalue weighted by Crippen LogP contribution is 2.25. The van der Waals surface area contributed by atoms with Gasteiger partial charge in [0.2, 0.25) is 5.91 Å². The summed E-state index contributed by atoms with van der Waals surface area (Å²) in [5, 5.41) is 7.72. The van der Waals surface area contributed by atoms with Crippen LogP contribution in [-0.4, -0.2) is 15.7 Å². The molecule has 0 saturated heterocycles. The summed E-state index contributed by atoms with van der Waals surface area (Å²) in [5.41, 5.74) is 1.68. The van der Waals surface area contributed by atoms with Gasteiger partial charge in [-0.15, -0.1) is 0 Å². The van der Waals surface area contributed by atoms with E-state index in [0.717, 1.165) is 5.56 Å². The number of hydrogen-bond acceptors (Lipinski definition) is 2. The number of nitrogens with one attached hydrogen (secondary N) is 1. The highest BCUT2D eigenvalue weighted by atomic mass is 35.5. The van der Waals surface area contributed by atoms with E-state index in [1.54, 1.807) is 29.1 Å². The average Bonchev–Trinajstić information content (AvgIpc) is 2.77. The van der Waals surface area contributed by atoms with E-state index >= 15 is 0 Å². The number of aryl methyl sites for hydroxylation is 2. The number of hydrogen-bond donors (Lipinski definition) is 1. The Bertz CT molecular complexity index is 595. The quantitative estimate of drug-likeness (QED) is 0.941. The van der Waals surface area contributed by atoms with Crippen molar-refractivity contribution in [1.82, 2.24) is 9.78 Å². The highest BCUT2D eigenvalue weighted by molar-refractivity contribution is 6.42. The fourth-order valence-electron chi connectivity index (χ4n) is 1.66. The number of rotatable bonds is 4. The molecule has 0 spiro atoms. The van der Waals surface area contributed by atoms with E-state index in [9.17, 15) is 4.79 Å². The first-order chi connectivity index (χ1) is 9.04. The predicted molar refractivity (Wildman–Crippen MR) is 76.6 cm³/mol. The smallest absolute Gasteiger partial charge is 0.224 e. The molecule has 1 heterocycles. The van der Waals surface area contributed by atoms with Gasteiger partial charge in [-0.1, -0.05) is 23.2 Å². The third-order valence-corrected chi connectivity index (χ3v) is 3.34. The van der Waals surface area contributed by atoms with Crippen LogP contribution in [0.4, 0.5) is 5.69 Å². The molecular formula is C13H13Cl2N3O. The van der Waals surface area contributed by atoms with Crippen LogP contribution in [0.15, 0.2) is 30.6 Å². The first kappa shape index (κ1) is 13.9. The maximum Gasteiger partial charge on any atom is 0.224 e. The molecule has 1 N–H and O–H groups in total. The van der Waals surface area contributed by atoms with Crippen molar-refractivity contribution in [1.29, 1.82) is 0 Å². The summed E-state index contributed by atoms with van der Waals surface area (Å²) in [7, 11) is 1.85. The first-order valence-electron chi connectivity index (χ1n) is 5.77. The maximum absolute atomic E-state index is 11.8. The number of halogens is 2. The summed E-state index contributed by atoms with van der Waals surface area (Å²) in [5.74, 6) is -0.0674. The topological polar surface area (TPSA) is 46.9 Å². The van der Waals surface area contributed by atoms with Gasteiger partial charge in [0.05, 0.1) is 16.2 Å². The molecule has 0 fully saturated rings. The van der Waals surface area contributed by atoms with E-state index in [1.807, 2.05) is 13.2 Å². The summed E-state index contributed by atoms with van der Waals surface area (Å²) in [4.78, 5) is 11.8. The molecule has 1 aromatic heterocycles. The molecule has 4 nitrogen and oxygen atoms in total. The Labute approximate surface area is 121 Å². The van der Waals surface area contributed by atoms with Gasteiger partial charge in [0.15, 0.2) is 0 Å². The number of aromatic nitrogens is 2. The van der Waals surface area contributed by atoms with Crippen LogP contribution in [0, 0.1) is 0 Å². The molecule has 0 aliphatic carbocycles. The second-order valence-electron chi connectivity index (χ2n) is 4.20. The zero-order chi connectivity index (χ0) is 13.8. The summed E-state index contributed by atoms with van der Waals surface area (Å²) in [6, 6.07) is 5.00. The minimum atomic E-state index is -0.0674. The summed E-state index contributed by atoms with van der Waals surface area (Å²) >= 11 is 11.7. The molecule has 0 atom stereocenters. The molecule has 100 valence electrons. The van der Waals surface area contributed by atoms with Crippen molar-refractivity contribution < 1.29 is 4.79 Å². The Kier molecular flexibility index (Phi) is 4.45. The van der Waals surface area contributed by atoms with E-state index in [-0.39, 0.29) is 5.91 Å². The molecule has 2 aromatic rings. The number of benzene rings is 1. The van der Waals surface area contributed by atoms with Crippen LogP contribution in [0.5, 0.6) is 0 Å². The van der Waals surface area contributed by atoms with Crippen LogP contribution in [-0.2, 0) is 18.3 Å². The Balaban J connectivity index is 1.88. The van der Waals surface area contributed by atoms with Gasteiger partial charge in [-0.3, -0.25) is 9.48 Å². The van der Waals surface area contributed by atoms with Crippen molar-refractivity contribution >= 4 is 34.8 Å². The van der Waals surface area contributed by atoms with Crippen LogP contribution in [0.3, 0.4) is 0 Å². The van der Waals surface area contributed by atoms with Crippen LogP contribution in [0.1, 0.15) is 12.0 Å². The number of anilines is 1. The minimum absolute atomic E-state index is 0.0674. The third-order valence-electron chi connectivity index (χ3n) is 2.60. The molecule has 0 aliphatic rings. The van der Waals surface area contributed by atoms with Gasteiger partial charge in [0, 0.05) is 25.4 Å². The second-order valence-corrected chi connectivity index (χ2v) is 5.01. The van der Waals surface area contributed by atoms with Gasteiger partial charge in [0.25, 0.3) is 0 Å². The fraction of sp³-hybridized carbons (Fsp3) is 0.231. The molecule has 0 bridgehead atoms. The van der Waals surface area contributed by atoms with Crippen LogP contribution < -0.4 is 5.32 Å². The maximum atomic E-state index is 11.8. The zero-order valence-electron chi connectivity index (χ0n) is 10.4. The van der Waals surface area contributed by atoms with Gasteiger partial charge in [-0.25, -0.2) is 0 Å². The Hall–Kier alpha value is -1.52. The number of carbonyl (C=O) groups is 1. The molecule has 2 rings (SSSR count).